The van der Waals surface area contributed by atoms with Crippen molar-refractivity contribution in [2.75, 3.05) is 38.1 Å². The fourth-order valence-electron chi connectivity index (χ4n) is 2.66. The molecule has 3 rings (SSSR count). The number of likely N-dealkylation sites (N-methyl/N-ethyl adjacent to an activating group) is 1. The summed E-state index contributed by atoms with van der Waals surface area (Å²) in [4.78, 5) is 9.64. The van der Waals surface area contributed by atoms with Crippen molar-refractivity contribution in [1.82, 2.24) is 15.2 Å². The third-order valence-electron chi connectivity index (χ3n) is 4.29. The second-order valence-corrected chi connectivity index (χ2v) is 6.12. The lowest BCUT2D eigenvalue weighted by molar-refractivity contribution is 0.312. The molecule has 0 amide bonds. The fraction of sp³-hybridized carbons (Fsp3) is 0.688. The van der Waals surface area contributed by atoms with E-state index < -0.39 is 0 Å². The zero-order valence-corrected chi connectivity index (χ0v) is 12.7. The summed E-state index contributed by atoms with van der Waals surface area (Å²) < 4.78 is 0. The van der Waals surface area contributed by atoms with Crippen LogP contribution in [0.3, 0.4) is 0 Å². The van der Waals surface area contributed by atoms with E-state index in [1.54, 1.807) is 0 Å². The van der Waals surface area contributed by atoms with Gasteiger partial charge in [0.2, 0.25) is 0 Å². The van der Waals surface area contributed by atoms with Crippen molar-refractivity contribution in [1.29, 1.82) is 0 Å². The highest BCUT2D eigenvalue weighted by Crippen LogP contribution is 2.21. The second kappa shape index (κ2) is 6.10. The molecule has 1 saturated heterocycles. The Kier molecular flexibility index (Phi) is 4.22. The molecule has 20 heavy (non-hydrogen) atoms. The maximum absolute atomic E-state index is 4.82. The summed E-state index contributed by atoms with van der Waals surface area (Å²) >= 11 is 0. The number of aryl methyl sites for hydroxylation is 1. The molecule has 2 fully saturated rings. The van der Waals surface area contributed by atoms with Crippen LogP contribution in [-0.4, -0.2) is 49.2 Å². The molecule has 4 nitrogen and oxygen atoms in total. The summed E-state index contributed by atoms with van der Waals surface area (Å²) in [7, 11) is 2.19. The van der Waals surface area contributed by atoms with Gasteiger partial charge in [-0.1, -0.05) is 6.92 Å². The lowest BCUT2D eigenvalue weighted by Gasteiger charge is -2.33. The number of nitrogens with zero attached hydrogens (tertiary/aromatic N) is 3. The van der Waals surface area contributed by atoms with E-state index in [0.29, 0.717) is 0 Å². The lowest BCUT2D eigenvalue weighted by Crippen LogP contribution is -2.44. The molecule has 4 heteroatoms. The number of aromatic nitrogens is 1. The van der Waals surface area contributed by atoms with Gasteiger partial charge in [0.15, 0.2) is 0 Å². The molecule has 1 saturated carbocycles. The minimum absolute atomic E-state index is 0.764. The molecule has 0 atom stereocenters. The average Bonchev–Trinajstić information content (AvgIpc) is 3.30. The van der Waals surface area contributed by atoms with Crippen LogP contribution in [-0.2, 0) is 13.0 Å². The summed E-state index contributed by atoms with van der Waals surface area (Å²) in [5.74, 6) is 1.17. The summed E-state index contributed by atoms with van der Waals surface area (Å²) in [6.45, 7) is 7.62. The Morgan fingerprint density at radius 3 is 2.60 bits per heavy atom. The van der Waals surface area contributed by atoms with Crippen LogP contribution in [0.25, 0.3) is 0 Å². The maximum Gasteiger partial charge on any atom is 0.129 e. The summed E-state index contributed by atoms with van der Waals surface area (Å²) in [5.41, 5.74) is 2.60. The third-order valence-corrected chi connectivity index (χ3v) is 4.29. The Labute approximate surface area is 122 Å². The van der Waals surface area contributed by atoms with Crippen LogP contribution in [0.2, 0.25) is 0 Å². The first kappa shape index (κ1) is 13.8. The molecule has 0 spiro atoms. The predicted octanol–water partition coefficient (Wildman–Crippen LogP) is 1.65. The van der Waals surface area contributed by atoms with Gasteiger partial charge in [-0.2, -0.15) is 0 Å². The minimum atomic E-state index is 0.764. The van der Waals surface area contributed by atoms with Crippen LogP contribution in [0, 0.1) is 0 Å². The van der Waals surface area contributed by atoms with E-state index in [-0.39, 0.29) is 0 Å². The van der Waals surface area contributed by atoms with Crippen LogP contribution in [0.15, 0.2) is 12.1 Å². The molecule has 1 aromatic heterocycles. The van der Waals surface area contributed by atoms with Gasteiger partial charge in [-0.05, 0) is 44.0 Å². The topological polar surface area (TPSA) is 31.4 Å². The van der Waals surface area contributed by atoms with E-state index in [1.165, 1.54) is 29.9 Å². The predicted molar refractivity (Wildman–Crippen MR) is 83.2 cm³/mol. The highest BCUT2D eigenvalue weighted by Gasteiger charge is 2.21. The number of rotatable bonds is 5. The zero-order chi connectivity index (χ0) is 13.9. The van der Waals surface area contributed by atoms with Crippen LogP contribution >= 0.6 is 0 Å². The first-order valence-corrected chi connectivity index (χ1v) is 7.91. The molecular formula is C16H26N4. The number of anilines is 1. The Morgan fingerprint density at radius 2 is 1.95 bits per heavy atom. The van der Waals surface area contributed by atoms with E-state index in [1.807, 2.05) is 0 Å². The van der Waals surface area contributed by atoms with E-state index in [9.17, 15) is 0 Å². The maximum atomic E-state index is 4.82. The highest BCUT2D eigenvalue weighted by molar-refractivity contribution is 5.43. The fourth-order valence-corrected chi connectivity index (χ4v) is 2.66. The van der Waals surface area contributed by atoms with E-state index in [4.69, 9.17) is 4.98 Å². The Hall–Kier alpha value is -1.13. The minimum Gasteiger partial charge on any atom is -0.354 e. The molecule has 2 aliphatic rings. The number of hydrogen-bond donors (Lipinski definition) is 1. The second-order valence-electron chi connectivity index (χ2n) is 6.12. The normalized spacial score (nSPS) is 20.4. The van der Waals surface area contributed by atoms with Gasteiger partial charge in [0.25, 0.3) is 0 Å². The van der Waals surface area contributed by atoms with Gasteiger partial charge in [0.05, 0.1) is 0 Å². The zero-order valence-electron chi connectivity index (χ0n) is 12.7. The molecule has 1 aliphatic heterocycles. The SMILES string of the molecule is CCc1cc(CNC2CC2)cc(N2CCN(C)CC2)n1. The van der Waals surface area contributed by atoms with E-state index in [0.717, 1.165) is 45.2 Å². The molecule has 110 valence electrons. The van der Waals surface area contributed by atoms with Crippen molar-refractivity contribution in [2.45, 2.75) is 38.8 Å². The van der Waals surface area contributed by atoms with Gasteiger partial charge in [-0.25, -0.2) is 4.98 Å². The summed E-state index contributed by atoms with van der Waals surface area (Å²) in [6.07, 6.45) is 3.70. The largest absolute Gasteiger partial charge is 0.354 e. The molecule has 1 N–H and O–H groups in total. The number of nitrogens with one attached hydrogen (secondary N) is 1. The van der Waals surface area contributed by atoms with Crippen LogP contribution < -0.4 is 10.2 Å². The average molecular weight is 274 g/mol. The first-order chi connectivity index (χ1) is 9.74. The number of piperazine rings is 1. The molecule has 1 aromatic rings. The molecule has 0 radical (unpaired) electrons. The van der Waals surface area contributed by atoms with Crippen molar-refractivity contribution >= 4 is 5.82 Å². The van der Waals surface area contributed by atoms with Gasteiger partial charge >= 0.3 is 0 Å². The van der Waals surface area contributed by atoms with Crippen molar-refractivity contribution in [3.8, 4) is 0 Å². The van der Waals surface area contributed by atoms with Gasteiger partial charge in [0, 0.05) is 44.5 Å². The molecular weight excluding hydrogens is 248 g/mol. The summed E-state index contributed by atoms with van der Waals surface area (Å²) in [5, 5.41) is 3.61. The van der Waals surface area contributed by atoms with Gasteiger partial charge in [-0.3, -0.25) is 0 Å². The number of pyridine rings is 1. The van der Waals surface area contributed by atoms with Crippen LogP contribution in [0.1, 0.15) is 31.0 Å². The first-order valence-electron chi connectivity index (χ1n) is 7.91. The highest BCUT2D eigenvalue weighted by atomic mass is 15.3. The van der Waals surface area contributed by atoms with Crippen molar-refractivity contribution < 1.29 is 0 Å². The van der Waals surface area contributed by atoms with Crippen molar-refractivity contribution in [3.63, 3.8) is 0 Å². The summed E-state index contributed by atoms with van der Waals surface area (Å²) in [6, 6.07) is 5.30. The molecule has 1 aliphatic carbocycles. The Bertz CT molecular complexity index is 448. The number of hydrogen-bond acceptors (Lipinski definition) is 4. The molecule has 0 unspecified atom stereocenters. The van der Waals surface area contributed by atoms with Gasteiger partial charge in [0.1, 0.15) is 5.82 Å². The Morgan fingerprint density at radius 1 is 1.20 bits per heavy atom. The molecule has 0 bridgehead atoms. The van der Waals surface area contributed by atoms with Crippen LogP contribution in [0.4, 0.5) is 5.82 Å². The van der Waals surface area contributed by atoms with Gasteiger partial charge < -0.3 is 15.1 Å². The lowest BCUT2D eigenvalue weighted by atomic mass is 10.1. The third kappa shape index (κ3) is 3.49. The Balaban J connectivity index is 1.72. The quantitative estimate of drug-likeness (QED) is 0.884. The molecule has 0 aromatic carbocycles. The molecule has 2 heterocycles. The van der Waals surface area contributed by atoms with Gasteiger partial charge in [-0.15, -0.1) is 0 Å². The van der Waals surface area contributed by atoms with Crippen LogP contribution in [0.5, 0.6) is 0 Å². The standard InChI is InChI=1S/C16H26N4/c1-3-14-10-13(12-17-15-4-5-15)11-16(18-14)20-8-6-19(2)7-9-20/h10-11,15,17H,3-9,12H2,1-2H3. The van der Waals surface area contributed by atoms with E-state index in [2.05, 4.69) is 41.2 Å². The monoisotopic (exact) mass is 274 g/mol. The van der Waals surface area contributed by atoms with E-state index >= 15 is 0 Å². The van der Waals surface area contributed by atoms with Crippen molar-refractivity contribution in [2.24, 2.45) is 0 Å². The smallest absolute Gasteiger partial charge is 0.129 e. The van der Waals surface area contributed by atoms with Crippen molar-refractivity contribution in [3.05, 3.63) is 23.4 Å².